The lowest BCUT2D eigenvalue weighted by Crippen LogP contribution is -2.36. The van der Waals surface area contributed by atoms with Gasteiger partial charge in [-0.1, -0.05) is 13.8 Å². The lowest BCUT2D eigenvalue weighted by Gasteiger charge is -2.40. The summed E-state index contributed by atoms with van der Waals surface area (Å²) in [5.41, 5.74) is 3.16. The molecular formula is C26H27F2N7. The van der Waals surface area contributed by atoms with Gasteiger partial charge in [-0.2, -0.15) is 0 Å². The number of halogens is 2. The zero-order valence-electron chi connectivity index (χ0n) is 20.2. The van der Waals surface area contributed by atoms with Crippen LogP contribution < -0.4 is 10.2 Å². The predicted molar refractivity (Wildman–Crippen MR) is 131 cm³/mol. The maximum Gasteiger partial charge on any atom is 0.174 e. The van der Waals surface area contributed by atoms with Gasteiger partial charge in [-0.25, -0.2) is 28.7 Å². The zero-order valence-corrected chi connectivity index (χ0v) is 20.2. The highest BCUT2D eigenvalue weighted by Gasteiger charge is 2.36. The summed E-state index contributed by atoms with van der Waals surface area (Å²) in [6.45, 7) is 6.92. The highest BCUT2D eigenvalue weighted by Crippen LogP contribution is 2.44. The molecule has 9 heteroatoms. The number of aryl methyl sites for hydroxylation is 1. The minimum atomic E-state index is -0.444. The number of benzene rings is 1. The Morgan fingerprint density at radius 1 is 1.06 bits per heavy atom. The van der Waals surface area contributed by atoms with Crippen molar-refractivity contribution in [1.82, 2.24) is 24.5 Å². The second kappa shape index (κ2) is 8.72. The molecule has 5 rings (SSSR count). The van der Waals surface area contributed by atoms with E-state index in [-0.39, 0.29) is 17.1 Å². The molecule has 1 aliphatic heterocycles. The maximum atomic E-state index is 14.9. The molecule has 0 aliphatic carbocycles. The number of fused-ring (bicyclic) bond motifs is 1. The Kier molecular flexibility index (Phi) is 5.70. The first-order chi connectivity index (χ1) is 16.7. The van der Waals surface area contributed by atoms with Gasteiger partial charge in [-0.15, -0.1) is 0 Å². The van der Waals surface area contributed by atoms with Gasteiger partial charge in [0.25, 0.3) is 0 Å². The molecule has 180 valence electrons. The Labute approximate surface area is 202 Å². The average molecular weight is 476 g/mol. The van der Waals surface area contributed by atoms with Crippen molar-refractivity contribution >= 4 is 17.3 Å². The summed E-state index contributed by atoms with van der Waals surface area (Å²) in [4.78, 5) is 20.2. The third kappa shape index (κ3) is 4.34. The van der Waals surface area contributed by atoms with Crippen molar-refractivity contribution in [2.45, 2.75) is 39.0 Å². The molecule has 1 aromatic carbocycles. The van der Waals surface area contributed by atoms with Crippen molar-refractivity contribution < 1.29 is 8.78 Å². The number of hydrogen-bond donors (Lipinski definition) is 1. The quantitative estimate of drug-likeness (QED) is 0.433. The zero-order chi connectivity index (χ0) is 24.7. The summed E-state index contributed by atoms with van der Waals surface area (Å²) in [7, 11) is 1.84. The molecule has 35 heavy (non-hydrogen) atoms. The molecule has 0 saturated carbocycles. The number of nitrogens with one attached hydrogen (secondary N) is 1. The lowest BCUT2D eigenvalue weighted by atomic mass is 9.78. The molecule has 3 aromatic heterocycles. The second-order valence-electron chi connectivity index (χ2n) is 9.45. The van der Waals surface area contributed by atoms with E-state index in [1.54, 1.807) is 29.1 Å². The first-order valence-electron chi connectivity index (χ1n) is 11.5. The highest BCUT2D eigenvalue weighted by atomic mass is 19.1. The molecule has 1 N–H and O–H groups in total. The van der Waals surface area contributed by atoms with Gasteiger partial charge in [0.05, 0.1) is 5.69 Å². The first-order valence-corrected chi connectivity index (χ1v) is 11.5. The number of anilines is 3. The minimum Gasteiger partial charge on any atom is -0.373 e. The Balaban J connectivity index is 1.54. The normalized spacial score (nSPS) is 14.6. The Morgan fingerprint density at radius 3 is 2.49 bits per heavy atom. The van der Waals surface area contributed by atoms with Crippen LogP contribution >= 0.6 is 0 Å². The van der Waals surface area contributed by atoms with Crippen molar-refractivity contribution in [3.05, 3.63) is 83.3 Å². The van der Waals surface area contributed by atoms with E-state index in [9.17, 15) is 8.78 Å². The highest BCUT2D eigenvalue weighted by molar-refractivity contribution is 5.71. The molecule has 0 radical (unpaired) electrons. The molecule has 0 amide bonds. The summed E-state index contributed by atoms with van der Waals surface area (Å²) in [5, 5.41) is 3.22. The van der Waals surface area contributed by atoms with Gasteiger partial charge in [-0.05, 0) is 54.7 Å². The minimum absolute atomic E-state index is 0.152. The Morgan fingerprint density at radius 2 is 1.83 bits per heavy atom. The summed E-state index contributed by atoms with van der Waals surface area (Å²) in [5.74, 6) is 1.53. The third-order valence-electron chi connectivity index (χ3n) is 6.40. The van der Waals surface area contributed by atoms with Gasteiger partial charge in [0, 0.05) is 43.7 Å². The van der Waals surface area contributed by atoms with E-state index < -0.39 is 5.82 Å². The monoisotopic (exact) mass is 475 g/mol. The number of nitrogens with zero attached hydrogens (tertiary/aromatic N) is 6. The van der Waals surface area contributed by atoms with Crippen LogP contribution in [0.25, 0.3) is 5.82 Å². The number of hydrogen-bond acceptors (Lipinski definition) is 6. The van der Waals surface area contributed by atoms with Gasteiger partial charge in [0.2, 0.25) is 0 Å². The average Bonchev–Trinajstić information content (AvgIpc) is 3.25. The van der Waals surface area contributed by atoms with Crippen molar-refractivity contribution in [3.8, 4) is 5.82 Å². The number of aromatic nitrogens is 5. The lowest BCUT2D eigenvalue weighted by molar-refractivity contribution is 0.462. The SMILES string of the molecule is CNc1nc(Cc2cnc(-n3cnc(C)c3)c(F)c2)nc2c1C(C)(C)CCN2c1ccc(F)cc1. The van der Waals surface area contributed by atoms with Gasteiger partial charge >= 0.3 is 0 Å². The van der Waals surface area contributed by atoms with Crippen molar-refractivity contribution in [3.63, 3.8) is 0 Å². The van der Waals surface area contributed by atoms with Crippen LogP contribution in [0, 0.1) is 18.6 Å². The summed E-state index contributed by atoms with van der Waals surface area (Å²) in [6.07, 6.45) is 6.10. The molecule has 0 saturated heterocycles. The molecule has 0 bridgehead atoms. The molecule has 7 nitrogen and oxygen atoms in total. The molecular weight excluding hydrogens is 448 g/mol. The Bertz CT molecular complexity index is 1380. The van der Waals surface area contributed by atoms with Crippen LogP contribution in [-0.4, -0.2) is 38.1 Å². The summed E-state index contributed by atoms with van der Waals surface area (Å²) in [6, 6.07) is 7.88. The standard InChI is InChI=1S/C26H27F2N7/c1-16-14-34(15-31-16)24-20(28)11-17(13-30-24)12-21-32-23(29-4)22-25(33-21)35(10-9-26(22,2)3)19-7-5-18(27)6-8-19/h5-8,11,13-15H,9-10,12H2,1-4H3,(H,29,32,33). The molecule has 4 heterocycles. The van der Waals surface area contributed by atoms with Crippen molar-refractivity contribution in [2.75, 3.05) is 23.8 Å². The van der Waals surface area contributed by atoms with Gasteiger partial charge in [0.1, 0.15) is 29.6 Å². The first kappa shape index (κ1) is 22.9. The number of rotatable bonds is 5. The summed E-state index contributed by atoms with van der Waals surface area (Å²) >= 11 is 0. The van der Waals surface area contributed by atoms with E-state index in [4.69, 9.17) is 9.97 Å². The fourth-order valence-electron chi connectivity index (χ4n) is 4.54. The van der Waals surface area contributed by atoms with E-state index in [0.29, 0.717) is 17.8 Å². The molecule has 0 unspecified atom stereocenters. The van der Waals surface area contributed by atoms with E-state index in [2.05, 4.69) is 34.0 Å². The van der Waals surface area contributed by atoms with Crippen LogP contribution in [0.2, 0.25) is 0 Å². The fourth-order valence-corrected chi connectivity index (χ4v) is 4.54. The second-order valence-corrected chi connectivity index (χ2v) is 9.45. The van der Waals surface area contributed by atoms with E-state index in [0.717, 1.165) is 41.5 Å². The predicted octanol–water partition coefficient (Wildman–Crippen LogP) is 5.10. The third-order valence-corrected chi connectivity index (χ3v) is 6.40. The van der Waals surface area contributed by atoms with Gasteiger partial charge in [-0.3, -0.25) is 4.57 Å². The number of imidazole rings is 1. The van der Waals surface area contributed by atoms with Crippen molar-refractivity contribution in [1.29, 1.82) is 0 Å². The maximum absolute atomic E-state index is 14.9. The molecule has 4 aromatic rings. The van der Waals surface area contributed by atoms with Gasteiger partial charge in [0.15, 0.2) is 11.6 Å². The van der Waals surface area contributed by atoms with Crippen molar-refractivity contribution in [2.24, 2.45) is 0 Å². The molecule has 1 aliphatic rings. The fraction of sp³-hybridized carbons (Fsp3) is 0.308. The molecule has 0 atom stereocenters. The van der Waals surface area contributed by atoms with Crippen LogP contribution in [0.3, 0.4) is 0 Å². The molecule has 0 spiro atoms. The topological polar surface area (TPSA) is 71.8 Å². The van der Waals surface area contributed by atoms with Gasteiger partial charge < -0.3 is 10.2 Å². The van der Waals surface area contributed by atoms with Crippen LogP contribution in [0.1, 0.15) is 42.9 Å². The Hall–Kier alpha value is -3.88. The van der Waals surface area contributed by atoms with Crippen LogP contribution in [0.4, 0.5) is 26.1 Å². The molecule has 0 fully saturated rings. The van der Waals surface area contributed by atoms with Crippen LogP contribution in [0.15, 0.2) is 49.1 Å². The largest absolute Gasteiger partial charge is 0.373 e. The van der Waals surface area contributed by atoms with E-state index in [1.807, 2.05) is 14.0 Å². The summed E-state index contributed by atoms with van der Waals surface area (Å²) < 4.78 is 30.0. The smallest absolute Gasteiger partial charge is 0.174 e. The number of pyridine rings is 1. The van der Waals surface area contributed by atoms with Crippen LogP contribution in [0.5, 0.6) is 0 Å². The van der Waals surface area contributed by atoms with E-state index >= 15 is 0 Å². The van der Waals surface area contributed by atoms with Crippen LogP contribution in [-0.2, 0) is 11.8 Å². The van der Waals surface area contributed by atoms with E-state index in [1.165, 1.54) is 24.5 Å².